The SMILES string of the molecule is CCN(CC(C)/C(N)=N/O)C(=O)CCc1ccco1. The van der Waals surface area contributed by atoms with Crippen LogP contribution < -0.4 is 5.73 Å². The second-order valence-electron chi connectivity index (χ2n) is 4.44. The molecule has 0 spiro atoms. The molecule has 1 rings (SSSR count). The minimum absolute atomic E-state index is 0.0384. The van der Waals surface area contributed by atoms with Crippen molar-refractivity contribution in [3.63, 3.8) is 0 Å². The van der Waals surface area contributed by atoms with Gasteiger partial charge in [0.1, 0.15) is 11.6 Å². The Morgan fingerprint density at radius 2 is 2.37 bits per heavy atom. The van der Waals surface area contributed by atoms with Crippen molar-refractivity contribution in [1.29, 1.82) is 0 Å². The van der Waals surface area contributed by atoms with E-state index in [1.54, 1.807) is 17.2 Å². The van der Waals surface area contributed by atoms with Crippen LogP contribution in [0.15, 0.2) is 28.0 Å². The second kappa shape index (κ2) is 7.45. The maximum absolute atomic E-state index is 12.1. The zero-order chi connectivity index (χ0) is 14.3. The third-order valence-corrected chi connectivity index (χ3v) is 3.01. The third-order valence-electron chi connectivity index (χ3n) is 3.01. The summed E-state index contributed by atoms with van der Waals surface area (Å²) in [6.45, 7) is 4.77. The average Bonchev–Trinajstić information content (AvgIpc) is 2.94. The van der Waals surface area contributed by atoms with E-state index in [9.17, 15) is 4.79 Å². The Morgan fingerprint density at radius 3 is 2.89 bits per heavy atom. The maximum atomic E-state index is 12.1. The smallest absolute Gasteiger partial charge is 0.223 e. The number of carbonyl (C=O) groups excluding carboxylic acids is 1. The Balaban J connectivity index is 2.47. The fourth-order valence-electron chi connectivity index (χ4n) is 1.77. The van der Waals surface area contributed by atoms with Gasteiger partial charge in [-0.1, -0.05) is 12.1 Å². The highest BCUT2D eigenvalue weighted by atomic mass is 16.4. The quantitative estimate of drug-likeness (QED) is 0.338. The number of hydrogen-bond donors (Lipinski definition) is 2. The first-order valence-corrected chi connectivity index (χ1v) is 6.36. The minimum Gasteiger partial charge on any atom is -0.469 e. The minimum atomic E-state index is -0.169. The summed E-state index contributed by atoms with van der Waals surface area (Å²) in [6.07, 6.45) is 2.57. The van der Waals surface area contributed by atoms with E-state index < -0.39 is 0 Å². The molecule has 19 heavy (non-hydrogen) atoms. The lowest BCUT2D eigenvalue weighted by molar-refractivity contribution is -0.131. The zero-order valence-electron chi connectivity index (χ0n) is 11.4. The predicted molar refractivity (Wildman–Crippen MR) is 71.9 cm³/mol. The standard InChI is InChI=1S/C13H21N3O3/c1-3-16(9-10(2)13(14)15-18)12(17)7-6-11-5-4-8-19-11/h4-5,8,10,18H,3,6-7,9H2,1-2H3,(H2,14,15). The number of amidine groups is 1. The lowest BCUT2D eigenvalue weighted by Gasteiger charge is -2.24. The maximum Gasteiger partial charge on any atom is 0.223 e. The highest BCUT2D eigenvalue weighted by Crippen LogP contribution is 2.07. The van der Waals surface area contributed by atoms with Gasteiger partial charge in [0, 0.05) is 31.8 Å². The van der Waals surface area contributed by atoms with E-state index in [1.807, 2.05) is 19.9 Å². The van der Waals surface area contributed by atoms with Gasteiger partial charge in [0.05, 0.1) is 6.26 Å². The van der Waals surface area contributed by atoms with Crippen molar-refractivity contribution in [3.8, 4) is 0 Å². The molecule has 1 unspecified atom stereocenters. The van der Waals surface area contributed by atoms with Crippen LogP contribution in [-0.4, -0.2) is 34.9 Å². The van der Waals surface area contributed by atoms with Crippen LogP contribution in [0.2, 0.25) is 0 Å². The molecule has 0 radical (unpaired) electrons. The predicted octanol–water partition coefficient (Wildman–Crippen LogP) is 1.44. The first-order valence-electron chi connectivity index (χ1n) is 6.36. The van der Waals surface area contributed by atoms with Crippen molar-refractivity contribution in [3.05, 3.63) is 24.2 Å². The summed E-state index contributed by atoms with van der Waals surface area (Å²) in [6, 6.07) is 3.65. The molecular formula is C13H21N3O3. The Kier molecular flexibility index (Phi) is 5.92. The summed E-state index contributed by atoms with van der Waals surface area (Å²) >= 11 is 0. The van der Waals surface area contributed by atoms with E-state index in [4.69, 9.17) is 15.4 Å². The number of aryl methyl sites for hydroxylation is 1. The summed E-state index contributed by atoms with van der Waals surface area (Å²) in [5, 5.41) is 11.6. The molecule has 0 aliphatic rings. The molecule has 1 heterocycles. The number of carbonyl (C=O) groups is 1. The van der Waals surface area contributed by atoms with E-state index in [0.717, 1.165) is 5.76 Å². The van der Waals surface area contributed by atoms with E-state index in [0.29, 0.717) is 25.9 Å². The lowest BCUT2D eigenvalue weighted by Crippen LogP contribution is -2.38. The van der Waals surface area contributed by atoms with Crippen molar-refractivity contribution in [2.24, 2.45) is 16.8 Å². The molecule has 0 fully saturated rings. The molecular weight excluding hydrogens is 246 g/mol. The van der Waals surface area contributed by atoms with E-state index in [1.165, 1.54) is 0 Å². The molecule has 6 nitrogen and oxygen atoms in total. The molecule has 0 aliphatic carbocycles. The Bertz CT molecular complexity index is 415. The Hall–Kier alpha value is -1.98. The number of oxime groups is 1. The van der Waals surface area contributed by atoms with Crippen LogP contribution in [0, 0.1) is 5.92 Å². The van der Waals surface area contributed by atoms with Gasteiger partial charge in [0.25, 0.3) is 0 Å². The molecule has 1 atom stereocenters. The van der Waals surface area contributed by atoms with Crippen LogP contribution in [0.4, 0.5) is 0 Å². The van der Waals surface area contributed by atoms with Crippen LogP contribution in [0.25, 0.3) is 0 Å². The van der Waals surface area contributed by atoms with Gasteiger partial charge in [0.2, 0.25) is 5.91 Å². The van der Waals surface area contributed by atoms with Gasteiger partial charge in [-0.25, -0.2) is 0 Å². The molecule has 6 heteroatoms. The van der Waals surface area contributed by atoms with Crippen molar-refractivity contribution < 1.29 is 14.4 Å². The fraction of sp³-hybridized carbons (Fsp3) is 0.538. The summed E-state index contributed by atoms with van der Waals surface area (Å²) < 4.78 is 5.19. The molecule has 1 aromatic heterocycles. The van der Waals surface area contributed by atoms with Crippen LogP contribution in [0.1, 0.15) is 26.0 Å². The van der Waals surface area contributed by atoms with Crippen molar-refractivity contribution in [2.45, 2.75) is 26.7 Å². The molecule has 0 aromatic carbocycles. The van der Waals surface area contributed by atoms with Crippen molar-refractivity contribution in [1.82, 2.24) is 4.90 Å². The number of hydrogen-bond acceptors (Lipinski definition) is 4. The number of amides is 1. The van der Waals surface area contributed by atoms with Gasteiger partial charge in [-0.15, -0.1) is 0 Å². The molecule has 1 amide bonds. The third kappa shape index (κ3) is 4.65. The van der Waals surface area contributed by atoms with Gasteiger partial charge in [-0.3, -0.25) is 4.79 Å². The van der Waals surface area contributed by atoms with E-state index in [-0.39, 0.29) is 17.7 Å². The van der Waals surface area contributed by atoms with Gasteiger partial charge in [-0.2, -0.15) is 0 Å². The van der Waals surface area contributed by atoms with Gasteiger partial charge < -0.3 is 20.3 Å². The molecule has 1 aromatic rings. The van der Waals surface area contributed by atoms with Gasteiger partial charge in [-0.05, 0) is 19.1 Å². The van der Waals surface area contributed by atoms with Crippen LogP contribution in [0.5, 0.6) is 0 Å². The van der Waals surface area contributed by atoms with E-state index in [2.05, 4.69) is 5.16 Å². The fourth-order valence-corrected chi connectivity index (χ4v) is 1.77. The first kappa shape index (κ1) is 15.1. The van der Waals surface area contributed by atoms with Crippen LogP contribution >= 0.6 is 0 Å². The van der Waals surface area contributed by atoms with Crippen molar-refractivity contribution in [2.75, 3.05) is 13.1 Å². The summed E-state index contributed by atoms with van der Waals surface area (Å²) in [4.78, 5) is 13.8. The number of furan rings is 1. The first-order chi connectivity index (χ1) is 9.08. The van der Waals surface area contributed by atoms with E-state index >= 15 is 0 Å². The Morgan fingerprint density at radius 1 is 1.63 bits per heavy atom. The number of rotatable bonds is 7. The average molecular weight is 267 g/mol. The topological polar surface area (TPSA) is 92.1 Å². The second-order valence-corrected chi connectivity index (χ2v) is 4.44. The highest BCUT2D eigenvalue weighted by molar-refractivity contribution is 5.83. The molecule has 0 bridgehead atoms. The van der Waals surface area contributed by atoms with Crippen molar-refractivity contribution >= 4 is 11.7 Å². The Labute approximate surface area is 112 Å². The molecule has 0 aliphatic heterocycles. The molecule has 106 valence electrons. The summed E-state index contributed by atoms with van der Waals surface area (Å²) in [7, 11) is 0. The monoisotopic (exact) mass is 267 g/mol. The number of nitrogens with two attached hydrogens (primary N) is 1. The lowest BCUT2D eigenvalue weighted by atomic mass is 10.1. The summed E-state index contributed by atoms with van der Waals surface area (Å²) in [5.41, 5.74) is 5.52. The van der Waals surface area contributed by atoms with Gasteiger partial charge >= 0.3 is 0 Å². The normalized spacial score (nSPS) is 13.3. The largest absolute Gasteiger partial charge is 0.469 e. The van der Waals surface area contributed by atoms with Crippen LogP contribution in [0.3, 0.4) is 0 Å². The molecule has 3 N–H and O–H groups in total. The molecule has 0 saturated heterocycles. The summed E-state index contributed by atoms with van der Waals surface area (Å²) in [5.74, 6) is 0.806. The highest BCUT2D eigenvalue weighted by Gasteiger charge is 2.17. The van der Waals surface area contributed by atoms with Crippen LogP contribution in [-0.2, 0) is 11.2 Å². The van der Waals surface area contributed by atoms with Gasteiger partial charge in [0.15, 0.2) is 0 Å². The molecule has 0 saturated carbocycles. The number of nitrogens with zero attached hydrogens (tertiary/aromatic N) is 2. The zero-order valence-corrected chi connectivity index (χ0v) is 11.4.